The maximum Gasteiger partial charge on any atom is 0.223 e. The first-order valence-electron chi connectivity index (χ1n) is 5.64. The molecule has 1 saturated heterocycles. The highest BCUT2D eigenvalue weighted by Gasteiger charge is 2.57. The molecule has 15 heavy (non-hydrogen) atoms. The lowest BCUT2D eigenvalue weighted by Gasteiger charge is -2.23. The van der Waals surface area contributed by atoms with Crippen molar-refractivity contribution >= 4 is 5.91 Å². The number of carbonyl (C=O) groups is 1. The Morgan fingerprint density at radius 3 is 2.93 bits per heavy atom. The zero-order chi connectivity index (χ0) is 10.7. The quantitative estimate of drug-likeness (QED) is 0.659. The first-order chi connectivity index (χ1) is 7.28. The summed E-state index contributed by atoms with van der Waals surface area (Å²) in [5.74, 6) is 0.380. The summed E-state index contributed by atoms with van der Waals surface area (Å²) in [6.45, 7) is 2.59. The number of nitriles is 1. The summed E-state index contributed by atoms with van der Waals surface area (Å²) >= 11 is 0. The smallest absolute Gasteiger partial charge is 0.223 e. The molecule has 2 N–H and O–H groups in total. The number of hydrogen-bond donors (Lipinski definition) is 2. The van der Waals surface area contributed by atoms with Crippen molar-refractivity contribution in [2.75, 3.05) is 19.6 Å². The molecular formula is C11H17N3O. The average Bonchev–Trinajstić information content (AvgIpc) is 2.94. The van der Waals surface area contributed by atoms with E-state index in [0.29, 0.717) is 18.4 Å². The van der Waals surface area contributed by atoms with Crippen LogP contribution in [-0.2, 0) is 4.79 Å². The molecule has 1 amide bonds. The number of rotatable bonds is 3. The van der Waals surface area contributed by atoms with Gasteiger partial charge in [-0.15, -0.1) is 0 Å². The van der Waals surface area contributed by atoms with E-state index < -0.39 is 0 Å². The van der Waals surface area contributed by atoms with Gasteiger partial charge in [0.05, 0.1) is 12.5 Å². The Balaban J connectivity index is 1.77. The van der Waals surface area contributed by atoms with E-state index in [1.165, 1.54) is 0 Å². The Labute approximate surface area is 90.0 Å². The van der Waals surface area contributed by atoms with Gasteiger partial charge < -0.3 is 10.6 Å². The Kier molecular flexibility index (Phi) is 2.92. The molecule has 4 heteroatoms. The van der Waals surface area contributed by atoms with Crippen LogP contribution in [0.2, 0.25) is 0 Å². The minimum Gasteiger partial charge on any atom is -0.355 e. The highest BCUT2D eigenvalue weighted by Crippen LogP contribution is 2.58. The Hall–Kier alpha value is -1.08. The van der Waals surface area contributed by atoms with Gasteiger partial charge in [-0.05, 0) is 37.8 Å². The van der Waals surface area contributed by atoms with Crippen molar-refractivity contribution in [3.8, 4) is 6.07 Å². The van der Waals surface area contributed by atoms with Crippen LogP contribution >= 0.6 is 0 Å². The van der Waals surface area contributed by atoms with Gasteiger partial charge in [-0.1, -0.05) is 0 Å². The molecule has 1 unspecified atom stereocenters. The molecule has 2 fully saturated rings. The van der Waals surface area contributed by atoms with Crippen molar-refractivity contribution < 1.29 is 4.79 Å². The topological polar surface area (TPSA) is 64.9 Å². The third-order valence-corrected chi connectivity index (χ3v) is 3.64. The minimum absolute atomic E-state index is 0.159. The molecule has 82 valence electrons. The van der Waals surface area contributed by atoms with Crippen LogP contribution in [0.5, 0.6) is 0 Å². The molecule has 0 aromatic carbocycles. The highest BCUT2D eigenvalue weighted by molar-refractivity contribution is 5.82. The predicted molar refractivity (Wildman–Crippen MR) is 55.9 cm³/mol. The molecule has 1 heterocycles. The molecule has 1 spiro atoms. The van der Waals surface area contributed by atoms with Crippen LogP contribution in [0, 0.1) is 22.7 Å². The number of nitrogens with zero attached hydrogens (tertiary/aromatic N) is 1. The summed E-state index contributed by atoms with van der Waals surface area (Å²) in [5.41, 5.74) is 0.308. The fourth-order valence-corrected chi connectivity index (χ4v) is 2.56. The SMILES string of the molecule is N#CCCNC(=O)C1CC12CCNCC2. The number of nitrogens with one attached hydrogen (secondary N) is 2. The summed E-state index contributed by atoms with van der Waals surface area (Å²) in [7, 11) is 0. The zero-order valence-electron chi connectivity index (χ0n) is 8.88. The minimum atomic E-state index is 0.159. The third-order valence-electron chi connectivity index (χ3n) is 3.64. The Morgan fingerprint density at radius 1 is 1.53 bits per heavy atom. The normalized spacial score (nSPS) is 27.0. The first kappa shape index (κ1) is 10.4. The van der Waals surface area contributed by atoms with E-state index in [-0.39, 0.29) is 11.8 Å². The van der Waals surface area contributed by atoms with Gasteiger partial charge in [0.2, 0.25) is 5.91 Å². The average molecular weight is 207 g/mol. The van der Waals surface area contributed by atoms with Gasteiger partial charge in [0.1, 0.15) is 0 Å². The van der Waals surface area contributed by atoms with E-state index in [1.807, 2.05) is 6.07 Å². The lowest BCUT2D eigenvalue weighted by Crippen LogP contribution is -2.33. The van der Waals surface area contributed by atoms with Gasteiger partial charge in [0.25, 0.3) is 0 Å². The molecule has 0 aromatic rings. The number of piperidine rings is 1. The van der Waals surface area contributed by atoms with Gasteiger partial charge in [-0.2, -0.15) is 5.26 Å². The van der Waals surface area contributed by atoms with E-state index in [0.717, 1.165) is 32.4 Å². The largest absolute Gasteiger partial charge is 0.355 e. The van der Waals surface area contributed by atoms with E-state index in [1.54, 1.807) is 0 Å². The van der Waals surface area contributed by atoms with Gasteiger partial charge >= 0.3 is 0 Å². The molecule has 1 atom stereocenters. The predicted octanol–water partition coefficient (Wildman–Crippen LogP) is 0.406. The van der Waals surface area contributed by atoms with Crippen LogP contribution in [0.15, 0.2) is 0 Å². The number of carbonyl (C=O) groups excluding carboxylic acids is 1. The third kappa shape index (κ3) is 2.13. The highest BCUT2D eigenvalue weighted by atomic mass is 16.2. The van der Waals surface area contributed by atoms with Crippen molar-refractivity contribution in [3.05, 3.63) is 0 Å². The van der Waals surface area contributed by atoms with Gasteiger partial charge in [0, 0.05) is 12.5 Å². The van der Waals surface area contributed by atoms with Gasteiger partial charge in [-0.25, -0.2) is 0 Å². The van der Waals surface area contributed by atoms with E-state index in [4.69, 9.17) is 5.26 Å². The summed E-state index contributed by atoms with van der Waals surface area (Å²) in [6, 6.07) is 2.03. The van der Waals surface area contributed by atoms with Crippen molar-refractivity contribution in [3.63, 3.8) is 0 Å². The fraction of sp³-hybridized carbons (Fsp3) is 0.818. The Morgan fingerprint density at radius 2 is 2.27 bits per heavy atom. The monoisotopic (exact) mass is 207 g/mol. The Bertz CT molecular complexity index is 289. The molecule has 2 aliphatic rings. The van der Waals surface area contributed by atoms with Crippen molar-refractivity contribution in [2.24, 2.45) is 11.3 Å². The van der Waals surface area contributed by atoms with E-state index in [2.05, 4.69) is 10.6 Å². The van der Waals surface area contributed by atoms with Gasteiger partial charge in [0.15, 0.2) is 0 Å². The lowest BCUT2D eigenvalue weighted by atomic mass is 9.92. The lowest BCUT2D eigenvalue weighted by molar-refractivity contribution is -0.123. The van der Waals surface area contributed by atoms with Crippen LogP contribution in [-0.4, -0.2) is 25.5 Å². The molecule has 2 rings (SSSR count). The molecule has 0 bridgehead atoms. The van der Waals surface area contributed by atoms with Crippen molar-refractivity contribution in [1.82, 2.24) is 10.6 Å². The van der Waals surface area contributed by atoms with E-state index >= 15 is 0 Å². The second-order valence-corrected chi connectivity index (χ2v) is 4.57. The summed E-state index contributed by atoms with van der Waals surface area (Å²) in [4.78, 5) is 11.7. The zero-order valence-corrected chi connectivity index (χ0v) is 8.88. The maximum absolute atomic E-state index is 11.7. The standard InChI is InChI=1S/C11H17N3O/c12-4-1-5-14-10(15)9-8-11(9)2-6-13-7-3-11/h9,13H,1-3,5-8H2,(H,14,15). The van der Waals surface area contributed by atoms with Crippen LogP contribution in [0.1, 0.15) is 25.7 Å². The number of hydrogen-bond acceptors (Lipinski definition) is 3. The van der Waals surface area contributed by atoms with Crippen LogP contribution in [0.4, 0.5) is 0 Å². The summed E-state index contributed by atoms with van der Waals surface area (Å²) in [6.07, 6.45) is 3.72. The van der Waals surface area contributed by atoms with Crippen molar-refractivity contribution in [2.45, 2.75) is 25.7 Å². The fourth-order valence-electron chi connectivity index (χ4n) is 2.56. The first-order valence-corrected chi connectivity index (χ1v) is 5.64. The van der Waals surface area contributed by atoms with E-state index in [9.17, 15) is 4.79 Å². The molecule has 1 saturated carbocycles. The second-order valence-electron chi connectivity index (χ2n) is 4.57. The molecular weight excluding hydrogens is 190 g/mol. The summed E-state index contributed by atoms with van der Waals surface area (Å²) in [5, 5.41) is 14.5. The van der Waals surface area contributed by atoms with Crippen molar-refractivity contribution in [1.29, 1.82) is 5.26 Å². The second kappa shape index (κ2) is 4.19. The van der Waals surface area contributed by atoms with Gasteiger partial charge in [-0.3, -0.25) is 4.79 Å². The van der Waals surface area contributed by atoms with Crippen LogP contribution in [0.3, 0.4) is 0 Å². The van der Waals surface area contributed by atoms with Crippen LogP contribution in [0.25, 0.3) is 0 Å². The number of amides is 1. The van der Waals surface area contributed by atoms with Crippen LogP contribution < -0.4 is 10.6 Å². The molecule has 1 aliphatic heterocycles. The molecule has 0 aromatic heterocycles. The molecule has 4 nitrogen and oxygen atoms in total. The maximum atomic E-state index is 11.7. The summed E-state index contributed by atoms with van der Waals surface area (Å²) < 4.78 is 0. The molecule has 1 aliphatic carbocycles. The molecule has 0 radical (unpaired) electrons.